The maximum Gasteiger partial charge on any atom is 0.280 e. The summed E-state index contributed by atoms with van der Waals surface area (Å²) in [5.41, 5.74) is 1.000. The average Bonchev–Trinajstić information content (AvgIpc) is 2.48. The van der Waals surface area contributed by atoms with Crippen molar-refractivity contribution < 1.29 is 8.42 Å². The normalized spacial score (nSPS) is 22.3. The fourth-order valence-electron chi connectivity index (χ4n) is 2.62. The minimum Gasteiger partial charge on any atom is -0.313 e. The second-order valence-electron chi connectivity index (χ2n) is 5.53. The number of piperidine rings is 1. The Morgan fingerprint density at radius 2 is 2.00 bits per heavy atom. The minimum absolute atomic E-state index is 0. The molecule has 126 valence electrons. The van der Waals surface area contributed by atoms with Gasteiger partial charge >= 0.3 is 0 Å². The van der Waals surface area contributed by atoms with E-state index in [9.17, 15) is 8.42 Å². The summed E-state index contributed by atoms with van der Waals surface area (Å²) in [7, 11) is -3.46. The molecule has 1 saturated heterocycles. The van der Waals surface area contributed by atoms with Gasteiger partial charge in [0.15, 0.2) is 0 Å². The lowest BCUT2D eigenvalue weighted by molar-refractivity contribution is 0.334. The highest BCUT2D eigenvalue weighted by atomic mass is 35.5. The topological polar surface area (TPSA) is 61.4 Å². The van der Waals surface area contributed by atoms with E-state index in [-0.39, 0.29) is 24.5 Å². The second kappa shape index (κ2) is 8.84. The van der Waals surface area contributed by atoms with Crippen molar-refractivity contribution in [3.05, 3.63) is 35.9 Å². The third-order valence-electron chi connectivity index (χ3n) is 3.96. The zero-order chi connectivity index (χ0) is 15.3. The maximum absolute atomic E-state index is 12.6. The lowest BCUT2D eigenvalue weighted by atomic mass is 10.0. The van der Waals surface area contributed by atoms with Crippen LogP contribution in [-0.2, 0) is 16.8 Å². The molecule has 0 spiro atoms. The van der Waals surface area contributed by atoms with Gasteiger partial charge in [0.2, 0.25) is 0 Å². The highest BCUT2D eigenvalue weighted by molar-refractivity contribution is 7.87. The summed E-state index contributed by atoms with van der Waals surface area (Å²) in [6.07, 6.45) is 1.89. The molecular weight excluding hydrogens is 322 g/mol. The molecule has 0 bridgehead atoms. The molecule has 2 N–H and O–H groups in total. The Balaban J connectivity index is 0.00000242. The molecule has 0 aromatic heterocycles. The van der Waals surface area contributed by atoms with Crippen LogP contribution in [-0.4, -0.2) is 37.9 Å². The van der Waals surface area contributed by atoms with Gasteiger partial charge in [0.05, 0.1) is 0 Å². The molecule has 1 aromatic rings. The predicted molar refractivity (Wildman–Crippen MR) is 92.3 cm³/mol. The molecule has 1 aliphatic heterocycles. The van der Waals surface area contributed by atoms with Crippen molar-refractivity contribution in [2.45, 2.75) is 45.3 Å². The summed E-state index contributed by atoms with van der Waals surface area (Å²) >= 11 is 0. The average molecular weight is 348 g/mol. The summed E-state index contributed by atoms with van der Waals surface area (Å²) in [6.45, 7) is 5.71. The molecular formula is C15H26ClN3O2S. The Labute approximate surface area is 140 Å². The van der Waals surface area contributed by atoms with Crippen LogP contribution in [0.4, 0.5) is 0 Å². The fraction of sp³-hybridized carbons (Fsp3) is 0.600. The third kappa shape index (κ3) is 5.21. The number of nitrogens with one attached hydrogen (secondary N) is 2. The molecule has 0 radical (unpaired) electrons. The predicted octanol–water partition coefficient (Wildman–Crippen LogP) is 1.91. The quantitative estimate of drug-likeness (QED) is 0.826. The van der Waals surface area contributed by atoms with E-state index in [1.54, 1.807) is 0 Å². The third-order valence-corrected chi connectivity index (χ3v) is 5.62. The Morgan fingerprint density at radius 1 is 1.32 bits per heavy atom. The Kier molecular flexibility index (Phi) is 7.79. The van der Waals surface area contributed by atoms with Crippen LogP contribution in [0.5, 0.6) is 0 Å². The number of hydrogen-bond donors (Lipinski definition) is 2. The summed E-state index contributed by atoms with van der Waals surface area (Å²) in [6, 6.07) is 9.82. The van der Waals surface area contributed by atoms with Crippen LogP contribution >= 0.6 is 12.4 Å². The van der Waals surface area contributed by atoms with Crippen LogP contribution < -0.4 is 10.0 Å². The fourth-order valence-corrected chi connectivity index (χ4v) is 4.14. The van der Waals surface area contributed by atoms with E-state index >= 15 is 0 Å². The second-order valence-corrected chi connectivity index (χ2v) is 7.23. The monoisotopic (exact) mass is 347 g/mol. The Morgan fingerprint density at radius 3 is 2.59 bits per heavy atom. The van der Waals surface area contributed by atoms with Crippen LogP contribution in [0.15, 0.2) is 30.3 Å². The van der Waals surface area contributed by atoms with Gasteiger partial charge in [-0.3, -0.25) is 0 Å². The van der Waals surface area contributed by atoms with Crippen LogP contribution in [0.1, 0.15) is 32.3 Å². The first-order valence-corrected chi connectivity index (χ1v) is 9.01. The van der Waals surface area contributed by atoms with Gasteiger partial charge in [-0.2, -0.15) is 17.4 Å². The molecule has 2 unspecified atom stereocenters. The molecule has 0 amide bonds. The highest BCUT2D eigenvalue weighted by Gasteiger charge is 2.28. The van der Waals surface area contributed by atoms with E-state index in [4.69, 9.17) is 0 Å². The van der Waals surface area contributed by atoms with Gasteiger partial charge in [-0.05, 0) is 31.9 Å². The summed E-state index contributed by atoms with van der Waals surface area (Å²) in [4.78, 5) is 0. The molecule has 7 heteroatoms. The molecule has 22 heavy (non-hydrogen) atoms. The van der Waals surface area contributed by atoms with Gasteiger partial charge in [-0.25, -0.2) is 0 Å². The Bertz CT molecular complexity index is 539. The molecule has 1 heterocycles. The van der Waals surface area contributed by atoms with E-state index in [2.05, 4.69) is 10.0 Å². The maximum atomic E-state index is 12.6. The van der Waals surface area contributed by atoms with Crippen LogP contribution in [0.25, 0.3) is 0 Å². The van der Waals surface area contributed by atoms with E-state index in [1.165, 1.54) is 4.31 Å². The standard InChI is InChI=1S/C15H25N3O2S.ClH/c1-3-18(12-14-8-5-4-6-9-14)21(19,20)17-15-10-7-11-16-13(15)2;/h4-6,8-9,13,15-17H,3,7,10-12H2,1-2H3;1H. The summed E-state index contributed by atoms with van der Waals surface area (Å²) in [5.74, 6) is 0. The van der Waals surface area contributed by atoms with Crippen LogP contribution in [0, 0.1) is 0 Å². The van der Waals surface area contributed by atoms with Crippen molar-refractivity contribution in [2.75, 3.05) is 13.1 Å². The van der Waals surface area contributed by atoms with Crippen LogP contribution in [0.2, 0.25) is 0 Å². The summed E-state index contributed by atoms with van der Waals surface area (Å²) < 4.78 is 29.5. The number of halogens is 1. The van der Waals surface area contributed by atoms with E-state index < -0.39 is 10.2 Å². The van der Waals surface area contributed by atoms with Crippen molar-refractivity contribution in [3.63, 3.8) is 0 Å². The number of nitrogens with zero attached hydrogens (tertiary/aromatic N) is 1. The molecule has 2 atom stereocenters. The lowest BCUT2D eigenvalue weighted by Crippen LogP contribution is -2.54. The smallest absolute Gasteiger partial charge is 0.280 e. The first-order chi connectivity index (χ1) is 10.0. The van der Waals surface area contributed by atoms with Gasteiger partial charge in [-0.1, -0.05) is 37.3 Å². The van der Waals surface area contributed by atoms with Crippen molar-refractivity contribution in [1.29, 1.82) is 0 Å². The first-order valence-electron chi connectivity index (χ1n) is 7.57. The SMILES string of the molecule is CCN(Cc1ccccc1)S(=O)(=O)NC1CCCNC1C.Cl. The van der Waals surface area contributed by atoms with Crippen LogP contribution in [0.3, 0.4) is 0 Å². The number of benzene rings is 1. The van der Waals surface area contributed by atoms with Gasteiger partial charge in [-0.15, -0.1) is 12.4 Å². The van der Waals surface area contributed by atoms with Crippen molar-refractivity contribution in [2.24, 2.45) is 0 Å². The van der Waals surface area contributed by atoms with Crippen molar-refractivity contribution >= 4 is 22.6 Å². The van der Waals surface area contributed by atoms with Gasteiger partial charge in [0.25, 0.3) is 10.2 Å². The first kappa shape index (κ1) is 19.4. The van der Waals surface area contributed by atoms with Crippen molar-refractivity contribution in [3.8, 4) is 0 Å². The lowest BCUT2D eigenvalue weighted by Gasteiger charge is -2.32. The summed E-state index contributed by atoms with van der Waals surface area (Å²) in [5, 5.41) is 3.32. The molecule has 1 aliphatic rings. The highest BCUT2D eigenvalue weighted by Crippen LogP contribution is 2.13. The number of rotatable bonds is 6. The zero-order valence-electron chi connectivity index (χ0n) is 13.2. The minimum atomic E-state index is -3.46. The van der Waals surface area contributed by atoms with Gasteiger partial charge < -0.3 is 5.32 Å². The molecule has 5 nitrogen and oxygen atoms in total. The molecule has 1 aromatic carbocycles. The Hall–Kier alpha value is -0.660. The molecule has 0 saturated carbocycles. The van der Waals surface area contributed by atoms with Gasteiger partial charge in [0.1, 0.15) is 0 Å². The molecule has 0 aliphatic carbocycles. The zero-order valence-corrected chi connectivity index (χ0v) is 14.8. The van der Waals surface area contributed by atoms with E-state index in [1.807, 2.05) is 44.2 Å². The largest absolute Gasteiger partial charge is 0.313 e. The number of hydrogen-bond acceptors (Lipinski definition) is 3. The molecule has 1 fully saturated rings. The van der Waals surface area contributed by atoms with Crippen molar-refractivity contribution in [1.82, 2.24) is 14.3 Å². The van der Waals surface area contributed by atoms with E-state index in [0.717, 1.165) is 24.9 Å². The van der Waals surface area contributed by atoms with Gasteiger partial charge in [0, 0.05) is 25.2 Å². The van der Waals surface area contributed by atoms with E-state index in [0.29, 0.717) is 13.1 Å². The molecule has 2 rings (SSSR count).